The Kier molecular flexibility index (Phi) is 4.23. The van der Waals surface area contributed by atoms with Crippen LogP contribution in [0.4, 0.5) is 4.79 Å². The Bertz CT molecular complexity index is 501. The molecule has 1 fully saturated rings. The van der Waals surface area contributed by atoms with Crippen LogP contribution >= 0.6 is 0 Å². The molecule has 0 saturated carbocycles. The van der Waals surface area contributed by atoms with E-state index in [2.05, 4.69) is 10.4 Å². The first kappa shape index (κ1) is 14.3. The SMILES string of the molecule is Cn1ccc(CCNC(=O)N2C[C@H](O)C[C@@H]2C(=O)O)n1. The van der Waals surface area contributed by atoms with E-state index < -0.39 is 24.1 Å². The van der Waals surface area contributed by atoms with Gasteiger partial charge in [-0.3, -0.25) is 4.68 Å². The average molecular weight is 282 g/mol. The van der Waals surface area contributed by atoms with E-state index in [-0.39, 0.29) is 13.0 Å². The largest absolute Gasteiger partial charge is 0.480 e. The number of hydrogen-bond donors (Lipinski definition) is 3. The number of rotatable bonds is 4. The van der Waals surface area contributed by atoms with Gasteiger partial charge < -0.3 is 20.4 Å². The number of hydrogen-bond acceptors (Lipinski definition) is 4. The van der Waals surface area contributed by atoms with Crippen molar-refractivity contribution < 1.29 is 19.8 Å². The molecule has 0 aromatic carbocycles. The summed E-state index contributed by atoms with van der Waals surface area (Å²) in [6.45, 7) is 0.418. The number of carbonyl (C=O) groups is 2. The monoisotopic (exact) mass is 282 g/mol. The Labute approximate surface area is 116 Å². The molecule has 1 saturated heterocycles. The molecule has 2 heterocycles. The van der Waals surface area contributed by atoms with Crippen molar-refractivity contribution in [2.24, 2.45) is 7.05 Å². The molecule has 0 spiro atoms. The minimum absolute atomic E-state index is 0.0480. The first-order valence-electron chi connectivity index (χ1n) is 6.41. The van der Waals surface area contributed by atoms with E-state index in [0.29, 0.717) is 13.0 Å². The standard InChI is InChI=1S/C12H18N4O4/c1-15-5-3-8(14-15)2-4-13-12(20)16-7-9(17)6-10(16)11(18)19/h3,5,9-10,17H,2,4,6-7H2,1H3,(H,13,20)(H,18,19)/t9-,10-/m1/s1. The van der Waals surface area contributed by atoms with Crippen LogP contribution in [0.5, 0.6) is 0 Å². The Morgan fingerprint density at radius 3 is 2.90 bits per heavy atom. The molecule has 2 rings (SSSR count). The van der Waals surface area contributed by atoms with Crippen molar-refractivity contribution in [2.75, 3.05) is 13.1 Å². The molecule has 0 bridgehead atoms. The zero-order valence-corrected chi connectivity index (χ0v) is 11.2. The number of nitrogens with zero attached hydrogens (tertiary/aromatic N) is 3. The number of carboxylic acids is 1. The van der Waals surface area contributed by atoms with Gasteiger partial charge in [0.1, 0.15) is 6.04 Å². The number of likely N-dealkylation sites (tertiary alicyclic amines) is 1. The number of amides is 2. The number of nitrogens with one attached hydrogen (secondary N) is 1. The molecule has 0 aliphatic carbocycles. The van der Waals surface area contributed by atoms with Gasteiger partial charge in [0.15, 0.2) is 0 Å². The summed E-state index contributed by atoms with van der Waals surface area (Å²) >= 11 is 0. The van der Waals surface area contributed by atoms with E-state index in [9.17, 15) is 14.7 Å². The van der Waals surface area contributed by atoms with Gasteiger partial charge in [-0.05, 0) is 6.07 Å². The predicted molar refractivity (Wildman–Crippen MR) is 69.1 cm³/mol. The number of aromatic nitrogens is 2. The Hall–Kier alpha value is -2.09. The Morgan fingerprint density at radius 1 is 1.55 bits per heavy atom. The van der Waals surface area contributed by atoms with Gasteiger partial charge in [-0.2, -0.15) is 5.10 Å². The zero-order chi connectivity index (χ0) is 14.7. The van der Waals surface area contributed by atoms with Crippen LogP contribution in [0.3, 0.4) is 0 Å². The van der Waals surface area contributed by atoms with Crippen LogP contribution in [0.2, 0.25) is 0 Å². The summed E-state index contributed by atoms with van der Waals surface area (Å²) in [5.74, 6) is -1.10. The van der Waals surface area contributed by atoms with Crippen LogP contribution in [0.25, 0.3) is 0 Å². The highest BCUT2D eigenvalue weighted by Gasteiger charge is 2.38. The van der Waals surface area contributed by atoms with Crippen molar-refractivity contribution in [3.05, 3.63) is 18.0 Å². The normalized spacial score (nSPS) is 22.0. The number of β-amino-alcohol motifs (C(OH)–C–C–N with tert-alkyl or cyclic N) is 1. The zero-order valence-electron chi connectivity index (χ0n) is 11.2. The molecule has 0 unspecified atom stereocenters. The van der Waals surface area contributed by atoms with Crippen LogP contribution in [0.1, 0.15) is 12.1 Å². The molecule has 1 aromatic heterocycles. The van der Waals surface area contributed by atoms with Gasteiger partial charge in [0, 0.05) is 39.2 Å². The van der Waals surface area contributed by atoms with Crippen molar-refractivity contribution in [3.8, 4) is 0 Å². The summed E-state index contributed by atoms with van der Waals surface area (Å²) in [7, 11) is 1.81. The van der Waals surface area contributed by atoms with E-state index in [0.717, 1.165) is 10.6 Å². The molecular formula is C12H18N4O4. The lowest BCUT2D eigenvalue weighted by Gasteiger charge is -2.21. The molecule has 8 nitrogen and oxygen atoms in total. The number of carboxylic acid groups (broad SMARTS) is 1. The summed E-state index contributed by atoms with van der Waals surface area (Å²) in [6, 6.07) is 0.427. The fourth-order valence-corrected chi connectivity index (χ4v) is 2.27. The van der Waals surface area contributed by atoms with Crippen molar-refractivity contribution in [2.45, 2.75) is 25.0 Å². The summed E-state index contributed by atoms with van der Waals surface area (Å²) in [4.78, 5) is 24.1. The molecule has 1 aliphatic rings. The summed E-state index contributed by atoms with van der Waals surface area (Å²) in [5, 5.41) is 25.3. The van der Waals surface area contributed by atoms with E-state index in [4.69, 9.17) is 5.11 Å². The van der Waals surface area contributed by atoms with Crippen LogP contribution < -0.4 is 5.32 Å². The van der Waals surface area contributed by atoms with Crippen molar-refractivity contribution in [1.82, 2.24) is 20.0 Å². The second-order valence-corrected chi connectivity index (χ2v) is 4.86. The summed E-state index contributed by atoms with van der Waals surface area (Å²) in [6.07, 6.45) is 1.68. The molecular weight excluding hydrogens is 264 g/mol. The minimum atomic E-state index is -1.10. The summed E-state index contributed by atoms with van der Waals surface area (Å²) in [5.41, 5.74) is 0.851. The van der Waals surface area contributed by atoms with Gasteiger partial charge in [-0.15, -0.1) is 0 Å². The highest BCUT2D eigenvalue weighted by Crippen LogP contribution is 2.17. The fourth-order valence-electron chi connectivity index (χ4n) is 2.27. The smallest absolute Gasteiger partial charge is 0.326 e. The number of aliphatic hydroxyl groups excluding tert-OH is 1. The Morgan fingerprint density at radius 2 is 2.30 bits per heavy atom. The third-order valence-corrected chi connectivity index (χ3v) is 3.25. The van der Waals surface area contributed by atoms with Gasteiger partial charge in [-0.25, -0.2) is 9.59 Å². The third-order valence-electron chi connectivity index (χ3n) is 3.25. The maximum atomic E-state index is 11.9. The molecule has 3 N–H and O–H groups in total. The van der Waals surface area contributed by atoms with Crippen LogP contribution in [0, 0.1) is 0 Å². The Balaban J connectivity index is 1.83. The fraction of sp³-hybridized carbons (Fsp3) is 0.583. The van der Waals surface area contributed by atoms with Crippen LogP contribution in [-0.2, 0) is 18.3 Å². The molecule has 2 amide bonds. The lowest BCUT2D eigenvalue weighted by molar-refractivity contribution is -0.141. The molecule has 20 heavy (non-hydrogen) atoms. The maximum Gasteiger partial charge on any atom is 0.326 e. The quantitative estimate of drug-likeness (QED) is 0.669. The van der Waals surface area contributed by atoms with Gasteiger partial charge in [0.2, 0.25) is 0 Å². The average Bonchev–Trinajstić information content (AvgIpc) is 2.95. The van der Waals surface area contributed by atoms with Crippen LogP contribution in [0.15, 0.2) is 12.3 Å². The predicted octanol–water partition coefficient (Wildman–Crippen LogP) is -0.808. The van der Waals surface area contributed by atoms with Crippen molar-refractivity contribution in [3.63, 3.8) is 0 Å². The van der Waals surface area contributed by atoms with Crippen LogP contribution in [-0.4, -0.2) is 62.1 Å². The van der Waals surface area contributed by atoms with E-state index in [1.165, 1.54) is 0 Å². The topological polar surface area (TPSA) is 108 Å². The number of aliphatic carboxylic acids is 1. The third kappa shape index (κ3) is 3.27. The number of aryl methyl sites for hydroxylation is 1. The molecule has 2 atom stereocenters. The molecule has 8 heteroatoms. The van der Waals surface area contributed by atoms with Gasteiger partial charge in [-0.1, -0.05) is 0 Å². The lowest BCUT2D eigenvalue weighted by Crippen LogP contribution is -2.46. The highest BCUT2D eigenvalue weighted by molar-refractivity contribution is 5.83. The van der Waals surface area contributed by atoms with Gasteiger partial charge >= 0.3 is 12.0 Å². The van der Waals surface area contributed by atoms with Gasteiger partial charge in [0.05, 0.1) is 11.8 Å². The molecule has 1 aliphatic heterocycles. The van der Waals surface area contributed by atoms with E-state index >= 15 is 0 Å². The first-order chi connectivity index (χ1) is 9.47. The van der Waals surface area contributed by atoms with Crippen molar-refractivity contribution in [1.29, 1.82) is 0 Å². The molecule has 0 radical (unpaired) electrons. The molecule has 110 valence electrons. The highest BCUT2D eigenvalue weighted by atomic mass is 16.4. The van der Waals surface area contributed by atoms with Gasteiger partial charge in [0.25, 0.3) is 0 Å². The second kappa shape index (κ2) is 5.91. The van der Waals surface area contributed by atoms with Crippen molar-refractivity contribution >= 4 is 12.0 Å². The van der Waals surface area contributed by atoms with E-state index in [1.807, 2.05) is 19.3 Å². The van der Waals surface area contributed by atoms with E-state index in [1.54, 1.807) is 4.68 Å². The molecule has 1 aromatic rings. The minimum Gasteiger partial charge on any atom is -0.480 e. The number of carbonyl (C=O) groups excluding carboxylic acids is 1. The number of urea groups is 1. The second-order valence-electron chi connectivity index (χ2n) is 4.86. The first-order valence-corrected chi connectivity index (χ1v) is 6.41. The lowest BCUT2D eigenvalue weighted by atomic mass is 10.2. The maximum absolute atomic E-state index is 11.9. The summed E-state index contributed by atoms with van der Waals surface area (Å²) < 4.78 is 1.68. The number of aliphatic hydroxyl groups is 1.